The summed E-state index contributed by atoms with van der Waals surface area (Å²) in [7, 11) is -0.348. The molecule has 0 unspecified atom stereocenters. The van der Waals surface area contributed by atoms with Gasteiger partial charge in [0, 0.05) is 18.0 Å². The van der Waals surface area contributed by atoms with E-state index >= 15 is 0 Å². The molecule has 9 heteroatoms. The molecule has 0 spiro atoms. The minimum atomic E-state index is -3.51. The Morgan fingerprint density at radius 1 is 1.19 bits per heavy atom. The van der Waals surface area contributed by atoms with E-state index in [0.717, 1.165) is 10.4 Å². The summed E-state index contributed by atoms with van der Waals surface area (Å²) in [5.74, 6) is 0.961. The fourth-order valence-corrected chi connectivity index (χ4v) is 4.76. The van der Waals surface area contributed by atoms with Gasteiger partial charge in [-0.2, -0.15) is 4.31 Å². The van der Waals surface area contributed by atoms with Crippen LogP contribution in [0.15, 0.2) is 48.4 Å². The summed E-state index contributed by atoms with van der Waals surface area (Å²) in [6.45, 7) is 5.95. The van der Waals surface area contributed by atoms with Gasteiger partial charge in [-0.15, -0.1) is 17.9 Å². The van der Waals surface area contributed by atoms with Crippen molar-refractivity contribution in [1.82, 2.24) is 9.21 Å². The van der Waals surface area contributed by atoms with Crippen molar-refractivity contribution in [1.29, 1.82) is 0 Å². The highest BCUT2D eigenvalue weighted by Crippen LogP contribution is 2.28. The Hall–Kier alpha value is -2.36. The first-order valence-corrected chi connectivity index (χ1v) is 12.4. The Kier molecular flexibility index (Phi) is 9.54. The Morgan fingerprint density at radius 2 is 1.94 bits per heavy atom. The van der Waals surface area contributed by atoms with Crippen molar-refractivity contribution >= 4 is 27.3 Å². The minimum Gasteiger partial charge on any atom is -0.493 e. The van der Waals surface area contributed by atoms with Crippen LogP contribution in [0.3, 0.4) is 0 Å². The van der Waals surface area contributed by atoms with E-state index in [4.69, 9.17) is 9.47 Å². The number of sulfonamides is 1. The number of amides is 1. The number of hydrogen-bond donors (Lipinski definition) is 0. The third-order valence-corrected chi connectivity index (χ3v) is 7.46. The van der Waals surface area contributed by atoms with Gasteiger partial charge in [-0.25, -0.2) is 8.42 Å². The Labute approximate surface area is 188 Å². The van der Waals surface area contributed by atoms with E-state index in [1.807, 2.05) is 35.7 Å². The molecule has 2 aromatic rings. The molecule has 2 rings (SSSR count). The van der Waals surface area contributed by atoms with Crippen LogP contribution in [0.25, 0.3) is 0 Å². The van der Waals surface area contributed by atoms with Crippen LogP contribution in [0.4, 0.5) is 0 Å². The number of nitrogens with zero attached hydrogens (tertiary/aromatic N) is 2. The number of hydrogen-bond acceptors (Lipinski definition) is 6. The van der Waals surface area contributed by atoms with Crippen LogP contribution < -0.4 is 9.47 Å². The fourth-order valence-electron chi connectivity index (χ4n) is 3.04. The van der Waals surface area contributed by atoms with E-state index in [-0.39, 0.29) is 24.7 Å². The van der Waals surface area contributed by atoms with E-state index in [9.17, 15) is 13.2 Å². The lowest BCUT2D eigenvalue weighted by molar-refractivity contribution is -0.131. The summed E-state index contributed by atoms with van der Waals surface area (Å²) in [5, 5.41) is 1.96. The number of carbonyl (C=O) groups excluding carboxylic acids is 1. The monoisotopic (exact) mass is 466 g/mol. The molecule has 1 aromatic carbocycles. The van der Waals surface area contributed by atoms with Crippen molar-refractivity contribution in [3.63, 3.8) is 0 Å². The molecule has 0 saturated carbocycles. The van der Waals surface area contributed by atoms with E-state index in [1.54, 1.807) is 37.4 Å². The van der Waals surface area contributed by atoms with Crippen LogP contribution >= 0.6 is 11.3 Å². The molecule has 170 valence electrons. The summed E-state index contributed by atoms with van der Waals surface area (Å²) in [6.07, 6.45) is 2.09. The lowest BCUT2D eigenvalue weighted by atomic mass is 10.1. The molecule has 0 radical (unpaired) electrons. The molecule has 0 atom stereocenters. The number of ether oxygens (including phenoxy) is 2. The number of carbonyl (C=O) groups is 1. The zero-order chi connectivity index (χ0) is 22.9. The second kappa shape index (κ2) is 11.9. The maximum absolute atomic E-state index is 13.1. The van der Waals surface area contributed by atoms with Crippen LogP contribution in [-0.4, -0.2) is 63.1 Å². The second-order valence-electron chi connectivity index (χ2n) is 6.82. The van der Waals surface area contributed by atoms with Gasteiger partial charge in [0.1, 0.15) is 0 Å². The fraction of sp³-hybridized carbons (Fsp3) is 0.409. The molecule has 0 aliphatic carbocycles. The van der Waals surface area contributed by atoms with Gasteiger partial charge in [-0.1, -0.05) is 18.2 Å². The molecule has 1 aromatic heterocycles. The molecular formula is C22H30N2O5S2. The quantitative estimate of drug-likeness (QED) is 0.424. The largest absolute Gasteiger partial charge is 0.493 e. The molecule has 31 heavy (non-hydrogen) atoms. The van der Waals surface area contributed by atoms with Crippen molar-refractivity contribution in [2.45, 2.75) is 19.9 Å². The van der Waals surface area contributed by atoms with Gasteiger partial charge in [0.15, 0.2) is 11.5 Å². The van der Waals surface area contributed by atoms with Gasteiger partial charge in [0.25, 0.3) is 0 Å². The first-order chi connectivity index (χ1) is 14.8. The Bertz CT molecular complexity index is 958. The molecule has 1 amide bonds. The molecule has 0 N–H and O–H groups in total. The summed E-state index contributed by atoms with van der Waals surface area (Å²) in [5.41, 5.74) is 0.991. The highest BCUT2D eigenvalue weighted by molar-refractivity contribution is 7.89. The van der Waals surface area contributed by atoms with E-state index in [1.165, 1.54) is 10.4 Å². The van der Waals surface area contributed by atoms with Crippen LogP contribution in [0.2, 0.25) is 0 Å². The molecular weight excluding hydrogens is 436 g/mol. The maximum atomic E-state index is 13.1. The van der Waals surface area contributed by atoms with Gasteiger partial charge >= 0.3 is 0 Å². The summed E-state index contributed by atoms with van der Waals surface area (Å²) < 4.78 is 36.5. The molecule has 0 aliphatic rings. The van der Waals surface area contributed by atoms with Gasteiger partial charge in [0.2, 0.25) is 15.9 Å². The van der Waals surface area contributed by atoms with Crippen molar-refractivity contribution in [3.05, 3.63) is 58.8 Å². The highest BCUT2D eigenvalue weighted by Gasteiger charge is 2.25. The first-order valence-electron chi connectivity index (χ1n) is 9.94. The van der Waals surface area contributed by atoms with E-state index in [2.05, 4.69) is 6.58 Å². The Balaban J connectivity index is 2.18. The number of thiophene rings is 1. The molecule has 7 nitrogen and oxygen atoms in total. The topological polar surface area (TPSA) is 76.2 Å². The first kappa shape index (κ1) is 24.9. The Morgan fingerprint density at radius 3 is 2.52 bits per heavy atom. The van der Waals surface area contributed by atoms with E-state index in [0.29, 0.717) is 31.0 Å². The average Bonchev–Trinajstić information content (AvgIpc) is 3.29. The van der Waals surface area contributed by atoms with Crippen LogP contribution in [-0.2, 0) is 27.8 Å². The van der Waals surface area contributed by atoms with Crippen LogP contribution in [0.5, 0.6) is 11.5 Å². The van der Waals surface area contributed by atoms with Gasteiger partial charge in [-0.3, -0.25) is 4.79 Å². The molecule has 1 heterocycles. The SMILES string of the molecule is C=CCN(CC(=O)N(CCc1ccc(OC)c(OC)c1)Cc1cccs1)S(=O)(=O)CC. The number of benzene rings is 1. The van der Waals surface area contributed by atoms with Crippen molar-refractivity contribution in [2.24, 2.45) is 0 Å². The van der Waals surface area contributed by atoms with Gasteiger partial charge in [0.05, 0.1) is 33.1 Å². The molecule has 0 bridgehead atoms. The van der Waals surface area contributed by atoms with Crippen LogP contribution in [0.1, 0.15) is 17.4 Å². The van der Waals surface area contributed by atoms with Crippen molar-refractivity contribution < 1.29 is 22.7 Å². The lowest BCUT2D eigenvalue weighted by Crippen LogP contribution is -2.43. The molecule has 0 aliphatic heterocycles. The summed E-state index contributed by atoms with van der Waals surface area (Å²) in [4.78, 5) is 15.8. The maximum Gasteiger partial charge on any atom is 0.238 e. The van der Waals surface area contributed by atoms with Crippen molar-refractivity contribution in [2.75, 3.05) is 39.6 Å². The smallest absolute Gasteiger partial charge is 0.238 e. The standard InChI is InChI=1S/C22H30N2O5S2/c1-5-12-24(31(26,27)6-2)17-22(25)23(16-19-8-7-14-30-19)13-11-18-9-10-20(28-3)21(15-18)29-4/h5,7-10,14-15H,1,6,11-13,16-17H2,2-4H3. The predicted octanol–water partition coefficient (Wildman–Crippen LogP) is 3.17. The lowest BCUT2D eigenvalue weighted by Gasteiger charge is -2.26. The summed E-state index contributed by atoms with van der Waals surface area (Å²) in [6, 6.07) is 9.55. The van der Waals surface area contributed by atoms with Gasteiger partial charge in [-0.05, 0) is 42.5 Å². The van der Waals surface area contributed by atoms with E-state index < -0.39 is 10.0 Å². The number of rotatable bonds is 13. The second-order valence-corrected chi connectivity index (χ2v) is 10.1. The minimum absolute atomic E-state index is 0.0648. The van der Waals surface area contributed by atoms with Crippen molar-refractivity contribution in [3.8, 4) is 11.5 Å². The average molecular weight is 467 g/mol. The van der Waals surface area contributed by atoms with Crippen LogP contribution in [0, 0.1) is 0 Å². The molecule has 0 fully saturated rings. The third kappa shape index (κ3) is 7.09. The predicted molar refractivity (Wildman–Crippen MR) is 124 cm³/mol. The third-order valence-electron chi connectivity index (χ3n) is 4.80. The summed E-state index contributed by atoms with van der Waals surface area (Å²) >= 11 is 1.56. The zero-order valence-electron chi connectivity index (χ0n) is 18.2. The molecule has 0 saturated heterocycles. The normalized spacial score (nSPS) is 11.4. The van der Waals surface area contributed by atoms with Gasteiger partial charge < -0.3 is 14.4 Å². The number of methoxy groups -OCH3 is 2. The zero-order valence-corrected chi connectivity index (χ0v) is 19.9. The highest BCUT2D eigenvalue weighted by atomic mass is 32.2.